The summed E-state index contributed by atoms with van der Waals surface area (Å²) in [6.07, 6.45) is 6.86. The minimum atomic E-state index is 0.628. The molecule has 1 aromatic heterocycles. The maximum absolute atomic E-state index is 5.36. The molecule has 0 aliphatic carbocycles. The number of anilines is 1. The monoisotopic (exact) mass is 264 g/mol. The van der Waals surface area contributed by atoms with Crippen LogP contribution in [0, 0.1) is 0 Å². The summed E-state index contributed by atoms with van der Waals surface area (Å²) in [4.78, 5) is 11.0. The first-order valence-electron chi connectivity index (χ1n) is 7.19. The summed E-state index contributed by atoms with van der Waals surface area (Å²) in [5, 5.41) is 3.28. The molecule has 1 fully saturated rings. The molecule has 1 aliphatic rings. The minimum Gasteiger partial charge on any atom is -0.478 e. The van der Waals surface area contributed by atoms with Crippen LogP contribution in [0.2, 0.25) is 0 Å². The van der Waals surface area contributed by atoms with Crippen LogP contribution in [0.1, 0.15) is 32.6 Å². The normalized spacial score (nSPS) is 20.2. The zero-order valence-corrected chi connectivity index (χ0v) is 11.9. The number of hydrogen-bond acceptors (Lipinski definition) is 5. The Hall–Kier alpha value is -1.36. The Morgan fingerprint density at radius 1 is 1.47 bits per heavy atom. The van der Waals surface area contributed by atoms with Crippen molar-refractivity contribution in [3.8, 4) is 5.88 Å². The van der Waals surface area contributed by atoms with Gasteiger partial charge in [-0.05, 0) is 39.8 Å². The van der Waals surface area contributed by atoms with Gasteiger partial charge in [0.15, 0.2) is 0 Å². The average Bonchev–Trinajstić information content (AvgIpc) is 2.42. The number of aromatic nitrogens is 2. The van der Waals surface area contributed by atoms with Crippen molar-refractivity contribution in [2.75, 3.05) is 32.1 Å². The highest BCUT2D eigenvalue weighted by molar-refractivity contribution is 5.27. The first-order valence-corrected chi connectivity index (χ1v) is 7.19. The maximum Gasteiger partial charge on any atom is 0.225 e. The molecule has 2 rings (SSSR count). The van der Waals surface area contributed by atoms with Crippen molar-refractivity contribution in [2.45, 2.75) is 38.6 Å². The van der Waals surface area contributed by atoms with E-state index in [1.54, 1.807) is 12.3 Å². The number of hydrogen-bond donors (Lipinski definition) is 1. The van der Waals surface area contributed by atoms with Crippen LogP contribution in [-0.2, 0) is 0 Å². The third kappa shape index (κ3) is 4.35. The SMILES string of the molecule is CCOc1ccnc(NCC[C@@H]2CCCCN2C)n1. The zero-order valence-electron chi connectivity index (χ0n) is 11.9. The molecule has 5 heteroatoms. The van der Waals surface area contributed by atoms with Gasteiger partial charge in [-0.25, -0.2) is 4.98 Å². The second-order valence-corrected chi connectivity index (χ2v) is 5.00. The van der Waals surface area contributed by atoms with E-state index >= 15 is 0 Å². The van der Waals surface area contributed by atoms with E-state index in [1.165, 1.54) is 25.8 Å². The summed E-state index contributed by atoms with van der Waals surface area (Å²) in [5.74, 6) is 1.29. The van der Waals surface area contributed by atoms with Gasteiger partial charge in [0.25, 0.3) is 0 Å². The van der Waals surface area contributed by atoms with Crippen LogP contribution < -0.4 is 10.1 Å². The number of piperidine rings is 1. The summed E-state index contributed by atoms with van der Waals surface area (Å²) in [6.45, 7) is 4.71. The van der Waals surface area contributed by atoms with Gasteiger partial charge < -0.3 is 15.0 Å². The Morgan fingerprint density at radius 2 is 2.37 bits per heavy atom. The fourth-order valence-corrected chi connectivity index (χ4v) is 2.52. The van der Waals surface area contributed by atoms with E-state index in [1.807, 2.05) is 6.92 Å². The van der Waals surface area contributed by atoms with E-state index in [-0.39, 0.29) is 0 Å². The Kier molecular flexibility index (Phi) is 5.39. The van der Waals surface area contributed by atoms with Gasteiger partial charge in [-0.3, -0.25) is 0 Å². The third-order valence-electron chi connectivity index (χ3n) is 3.60. The van der Waals surface area contributed by atoms with Crippen LogP contribution in [0.5, 0.6) is 5.88 Å². The number of likely N-dealkylation sites (tertiary alicyclic amines) is 1. The van der Waals surface area contributed by atoms with Gasteiger partial charge >= 0.3 is 0 Å². The molecule has 0 spiro atoms. The highest BCUT2D eigenvalue weighted by Gasteiger charge is 2.18. The number of ether oxygens (including phenoxy) is 1. The third-order valence-corrected chi connectivity index (χ3v) is 3.60. The van der Waals surface area contributed by atoms with Crippen molar-refractivity contribution in [3.63, 3.8) is 0 Å². The molecular weight excluding hydrogens is 240 g/mol. The molecule has 0 unspecified atom stereocenters. The summed E-state index contributed by atoms with van der Waals surface area (Å²) in [7, 11) is 2.22. The molecule has 0 aromatic carbocycles. The van der Waals surface area contributed by atoms with Gasteiger partial charge in [0.05, 0.1) is 6.61 Å². The second-order valence-electron chi connectivity index (χ2n) is 5.00. The molecule has 1 saturated heterocycles. The predicted octanol–water partition coefficient (Wildman–Crippen LogP) is 2.16. The lowest BCUT2D eigenvalue weighted by Crippen LogP contribution is -2.37. The fraction of sp³-hybridized carbons (Fsp3) is 0.714. The molecule has 1 N–H and O–H groups in total. The Morgan fingerprint density at radius 3 is 3.16 bits per heavy atom. The van der Waals surface area contributed by atoms with Gasteiger partial charge in [0, 0.05) is 24.8 Å². The van der Waals surface area contributed by atoms with Gasteiger partial charge in [-0.2, -0.15) is 4.98 Å². The summed E-state index contributed by atoms with van der Waals surface area (Å²) in [5.41, 5.74) is 0. The molecule has 0 radical (unpaired) electrons. The number of nitrogens with one attached hydrogen (secondary N) is 1. The first kappa shape index (κ1) is 14.1. The highest BCUT2D eigenvalue weighted by atomic mass is 16.5. The van der Waals surface area contributed by atoms with E-state index in [9.17, 15) is 0 Å². The van der Waals surface area contributed by atoms with Gasteiger partial charge in [0.1, 0.15) is 0 Å². The predicted molar refractivity (Wildman–Crippen MR) is 76.6 cm³/mol. The van der Waals surface area contributed by atoms with E-state index in [4.69, 9.17) is 4.74 Å². The fourth-order valence-electron chi connectivity index (χ4n) is 2.52. The van der Waals surface area contributed by atoms with Crippen LogP contribution in [0.25, 0.3) is 0 Å². The standard InChI is InChI=1S/C14H24N4O/c1-3-19-13-8-10-16-14(17-13)15-9-7-12-6-4-5-11-18(12)2/h8,10,12H,3-7,9,11H2,1-2H3,(H,15,16,17)/t12-/m0/s1. The zero-order chi connectivity index (χ0) is 13.5. The summed E-state index contributed by atoms with van der Waals surface area (Å²) < 4.78 is 5.36. The van der Waals surface area contributed by atoms with Crippen LogP contribution in [-0.4, -0.2) is 47.7 Å². The maximum atomic E-state index is 5.36. The molecule has 0 bridgehead atoms. The molecular formula is C14H24N4O. The van der Waals surface area contributed by atoms with Crippen LogP contribution >= 0.6 is 0 Å². The van der Waals surface area contributed by atoms with Crippen molar-refractivity contribution in [1.29, 1.82) is 0 Å². The Balaban J connectivity index is 1.77. The topological polar surface area (TPSA) is 50.3 Å². The molecule has 2 heterocycles. The first-order chi connectivity index (χ1) is 9.29. The number of rotatable bonds is 6. The largest absolute Gasteiger partial charge is 0.478 e. The highest BCUT2D eigenvalue weighted by Crippen LogP contribution is 2.17. The second kappa shape index (κ2) is 7.28. The van der Waals surface area contributed by atoms with E-state index in [0.29, 0.717) is 24.5 Å². The van der Waals surface area contributed by atoms with Crippen LogP contribution in [0.4, 0.5) is 5.95 Å². The van der Waals surface area contributed by atoms with Gasteiger partial charge in [0.2, 0.25) is 11.8 Å². The van der Waals surface area contributed by atoms with Gasteiger partial charge in [-0.1, -0.05) is 6.42 Å². The van der Waals surface area contributed by atoms with Crippen molar-refractivity contribution < 1.29 is 4.74 Å². The molecule has 5 nitrogen and oxygen atoms in total. The molecule has 1 atom stereocenters. The molecule has 1 aromatic rings. The molecule has 19 heavy (non-hydrogen) atoms. The van der Waals surface area contributed by atoms with Crippen LogP contribution in [0.15, 0.2) is 12.3 Å². The lowest BCUT2D eigenvalue weighted by atomic mass is 10.0. The average molecular weight is 264 g/mol. The van der Waals surface area contributed by atoms with E-state index in [2.05, 4.69) is 27.2 Å². The summed E-state index contributed by atoms with van der Waals surface area (Å²) in [6, 6.07) is 2.47. The van der Waals surface area contributed by atoms with Gasteiger partial charge in [-0.15, -0.1) is 0 Å². The quantitative estimate of drug-likeness (QED) is 0.853. The molecule has 0 saturated carbocycles. The Bertz CT molecular complexity index is 385. The van der Waals surface area contributed by atoms with Crippen molar-refractivity contribution in [3.05, 3.63) is 12.3 Å². The van der Waals surface area contributed by atoms with Crippen molar-refractivity contribution in [1.82, 2.24) is 14.9 Å². The van der Waals surface area contributed by atoms with Crippen molar-refractivity contribution in [2.24, 2.45) is 0 Å². The smallest absolute Gasteiger partial charge is 0.225 e. The molecule has 106 valence electrons. The van der Waals surface area contributed by atoms with Crippen molar-refractivity contribution >= 4 is 5.95 Å². The Labute approximate surface area is 115 Å². The van der Waals surface area contributed by atoms with E-state index < -0.39 is 0 Å². The van der Waals surface area contributed by atoms with E-state index in [0.717, 1.165) is 13.0 Å². The molecule has 1 aliphatic heterocycles. The lowest BCUT2D eigenvalue weighted by Gasteiger charge is -2.32. The summed E-state index contributed by atoms with van der Waals surface area (Å²) >= 11 is 0. The number of nitrogens with zero attached hydrogens (tertiary/aromatic N) is 3. The van der Waals surface area contributed by atoms with Crippen LogP contribution in [0.3, 0.4) is 0 Å². The lowest BCUT2D eigenvalue weighted by molar-refractivity contribution is 0.179. The minimum absolute atomic E-state index is 0.628. The molecule has 0 amide bonds.